The third-order valence-corrected chi connectivity index (χ3v) is 3.11. The van der Waals surface area contributed by atoms with Gasteiger partial charge in [-0.3, -0.25) is 4.79 Å². The minimum absolute atomic E-state index is 0. The second-order valence-electron chi connectivity index (χ2n) is 4.61. The van der Waals surface area contributed by atoms with Crippen molar-refractivity contribution in [1.82, 2.24) is 0 Å². The molecule has 1 amide bonds. The highest BCUT2D eigenvalue weighted by molar-refractivity contribution is 5.92. The number of carbonyl (C=O) groups excluding carboxylic acids is 1. The van der Waals surface area contributed by atoms with Crippen LogP contribution in [-0.2, 0) is 11.2 Å². The van der Waals surface area contributed by atoms with Crippen molar-refractivity contribution in [2.24, 2.45) is 5.73 Å². The first-order valence-corrected chi connectivity index (χ1v) is 6.74. The molecule has 0 bridgehead atoms. The number of nitrogens with two attached hydrogens (primary N) is 1. The lowest BCUT2D eigenvalue weighted by Crippen LogP contribution is -2.26. The number of aryl methyl sites for hydroxylation is 1. The van der Waals surface area contributed by atoms with Crippen LogP contribution in [0.3, 0.4) is 0 Å². The lowest BCUT2D eigenvalue weighted by molar-refractivity contribution is -0.118. The SMILES string of the molecule is CCCCc1ccc(N(C)C(=O)CCCN)cc1.Cl. The molecule has 0 aliphatic rings. The van der Waals surface area contributed by atoms with E-state index in [1.54, 1.807) is 4.90 Å². The zero-order chi connectivity index (χ0) is 13.4. The molecule has 0 atom stereocenters. The van der Waals surface area contributed by atoms with Crippen molar-refractivity contribution in [3.8, 4) is 0 Å². The lowest BCUT2D eigenvalue weighted by Gasteiger charge is -2.17. The molecule has 0 aromatic heterocycles. The molecule has 0 aliphatic carbocycles. The third-order valence-electron chi connectivity index (χ3n) is 3.11. The molecule has 0 heterocycles. The zero-order valence-electron chi connectivity index (χ0n) is 11.9. The van der Waals surface area contributed by atoms with Gasteiger partial charge in [0.25, 0.3) is 0 Å². The minimum Gasteiger partial charge on any atom is -0.330 e. The topological polar surface area (TPSA) is 46.3 Å². The summed E-state index contributed by atoms with van der Waals surface area (Å²) in [6, 6.07) is 8.26. The summed E-state index contributed by atoms with van der Waals surface area (Å²) in [7, 11) is 1.82. The molecule has 1 aromatic carbocycles. The van der Waals surface area contributed by atoms with Gasteiger partial charge in [0.1, 0.15) is 0 Å². The van der Waals surface area contributed by atoms with Crippen molar-refractivity contribution in [2.45, 2.75) is 39.0 Å². The number of amides is 1. The van der Waals surface area contributed by atoms with Crippen molar-refractivity contribution >= 4 is 24.0 Å². The molecule has 0 radical (unpaired) electrons. The van der Waals surface area contributed by atoms with Crippen molar-refractivity contribution in [3.63, 3.8) is 0 Å². The number of hydrogen-bond donors (Lipinski definition) is 1. The Balaban J connectivity index is 0.00000324. The van der Waals surface area contributed by atoms with Crippen LogP contribution in [0.25, 0.3) is 0 Å². The van der Waals surface area contributed by atoms with Crippen LogP contribution in [0.4, 0.5) is 5.69 Å². The Bertz CT molecular complexity index is 365. The Morgan fingerprint density at radius 3 is 2.37 bits per heavy atom. The van der Waals surface area contributed by atoms with Crippen LogP contribution in [0.5, 0.6) is 0 Å². The highest BCUT2D eigenvalue weighted by atomic mass is 35.5. The van der Waals surface area contributed by atoms with Crippen molar-refractivity contribution in [3.05, 3.63) is 29.8 Å². The van der Waals surface area contributed by atoms with Crippen molar-refractivity contribution in [2.75, 3.05) is 18.5 Å². The molecule has 0 aliphatic heterocycles. The van der Waals surface area contributed by atoms with Gasteiger partial charge in [-0.1, -0.05) is 25.5 Å². The van der Waals surface area contributed by atoms with Gasteiger partial charge in [-0.05, 0) is 43.5 Å². The average molecular weight is 285 g/mol. The van der Waals surface area contributed by atoms with Gasteiger partial charge in [-0.15, -0.1) is 12.4 Å². The second kappa shape index (κ2) is 9.82. The maximum absolute atomic E-state index is 11.8. The van der Waals surface area contributed by atoms with E-state index in [1.807, 2.05) is 19.2 Å². The number of anilines is 1. The predicted molar refractivity (Wildman–Crippen MR) is 84.0 cm³/mol. The predicted octanol–water partition coefficient (Wildman–Crippen LogP) is 3.15. The number of halogens is 1. The molecular weight excluding hydrogens is 260 g/mol. The number of hydrogen-bond acceptors (Lipinski definition) is 2. The van der Waals surface area contributed by atoms with Gasteiger partial charge >= 0.3 is 0 Å². The fourth-order valence-electron chi connectivity index (χ4n) is 1.83. The number of rotatable bonds is 7. The first kappa shape index (κ1) is 17.9. The van der Waals surface area contributed by atoms with E-state index >= 15 is 0 Å². The Hall–Kier alpha value is -1.06. The summed E-state index contributed by atoms with van der Waals surface area (Å²) in [6.07, 6.45) is 4.80. The first-order chi connectivity index (χ1) is 8.69. The zero-order valence-corrected chi connectivity index (χ0v) is 12.7. The molecular formula is C15H25ClN2O. The van der Waals surface area contributed by atoms with Crippen molar-refractivity contribution < 1.29 is 4.79 Å². The standard InChI is InChI=1S/C15H24N2O.ClH/c1-3-4-6-13-8-10-14(11-9-13)17(2)15(18)7-5-12-16;/h8-11H,3-7,12,16H2,1-2H3;1H. The summed E-state index contributed by atoms with van der Waals surface area (Å²) in [5.41, 5.74) is 7.70. The monoisotopic (exact) mass is 284 g/mol. The number of unbranched alkanes of at least 4 members (excludes halogenated alkanes) is 1. The van der Waals surface area contributed by atoms with E-state index in [2.05, 4.69) is 19.1 Å². The highest BCUT2D eigenvalue weighted by Crippen LogP contribution is 2.16. The van der Waals surface area contributed by atoms with Gasteiger partial charge in [0.05, 0.1) is 0 Å². The molecule has 1 rings (SSSR count). The Morgan fingerprint density at radius 2 is 1.84 bits per heavy atom. The van der Waals surface area contributed by atoms with Crippen LogP contribution in [0.15, 0.2) is 24.3 Å². The maximum Gasteiger partial charge on any atom is 0.226 e. The summed E-state index contributed by atoms with van der Waals surface area (Å²) >= 11 is 0. The average Bonchev–Trinajstić information content (AvgIpc) is 2.42. The normalized spacial score (nSPS) is 9.84. The molecule has 0 spiro atoms. The van der Waals surface area contributed by atoms with Gasteiger partial charge in [0.2, 0.25) is 5.91 Å². The van der Waals surface area contributed by atoms with E-state index in [4.69, 9.17) is 5.73 Å². The van der Waals surface area contributed by atoms with Crippen LogP contribution in [0.1, 0.15) is 38.2 Å². The molecule has 0 saturated heterocycles. The fraction of sp³-hybridized carbons (Fsp3) is 0.533. The molecule has 0 fully saturated rings. The number of nitrogens with zero attached hydrogens (tertiary/aromatic N) is 1. The van der Waals surface area contributed by atoms with Crippen molar-refractivity contribution in [1.29, 1.82) is 0 Å². The minimum atomic E-state index is 0. The Kier molecular flexibility index (Phi) is 9.27. The van der Waals surface area contributed by atoms with Crippen LogP contribution < -0.4 is 10.6 Å². The van der Waals surface area contributed by atoms with Gasteiger partial charge in [-0.2, -0.15) is 0 Å². The summed E-state index contributed by atoms with van der Waals surface area (Å²) in [4.78, 5) is 13.5. The molecule has 4 heteroatoms. The smallest absolute Gasteiger partial charge is 0.226 e. The molecule has 19 heavy (non-hydrogen) atoms. The fourth-order valence-corrected chi connectivity index (χ4v) is 1.83. The van der Waals surface area contributed by atoms with E-state index in [0.717, 1.165) is 18.5 Å². The van der Waals surface area contributed by atoms with Gasteiger partial charge in [-0.25, -0.2) is 0 Å². The second-order valence-corrected chi connectivity index (χ2v) is 4.61. The van der Waals surface area contributed by atoms with Gasteiger partial charge in [0, 0.05) is 19.2 Å². The quantitative estimate of drug-likeness (QED) is 0.836. The first-order valence-electron chi connectivity index (χ1n) is 6.74. The maximum atomic E-state index is 11.8. The summed E-state index contributed by atoms with van der Waals surface area (Å²) < 4.78 is 0. The molecule has 1 aromatic rings. The molecule has 108 valence electrons. The van der Waals surface area contributed by atoms with Gasteiger partial charge in [0.15, 0.2) is 0 Å². The molecule has 2 N–H and O–H groups in total. The number of benzene rings is 1. The summed E-state index contributed by atoms with van der Waals surface area (Å²) in [5, 5.41) is 0. The van der Waals surface area contributed by atoms with Crippen LogP contribution in [0, 0.1) is 0 Å². The van der Waals surface area contributed by atoms with Crippen LogP contribution in [-0.4, -0.2) is 19.5 Å². The number of carbonyl (C=O) groups is 1. The molecule has 0 saturated carbocycles. The van der Waals surface area contributed by atoms with E-state index < -0.39 is 0 Å². The Morgan fingerprint density at radius 1 is 1.21 bits per heavy atom. The molecule has 0 unspecified atom stereocenters. The highest BCUT2D eigenvalue weighted by Gasteiger charge is 2.09. The lowest BCUT2D eigenvalue weighted by atomic mass is 10.1. The van der Waals surface area contributed by atoms with E-state index in [-0.39, 0.29) is 18.3 Å². The van der Waals surface area contributed by atoms with E-state index in [0.29, 0.717) is 13.0 Å². The summed E-state index contributed by atoms with van der Waals surface area (Å²) in [5.74, 6) is 0.127. The Labute approximate surface area is 122 Å². The molecule has 3 nitrogen and oxygen atoms in total. The van der Waals surface area contributed by atoms with E-state index in [1.165, 1.54) is 18.4 Å². The summed E-state index contributed by atoms with van der Waals surface area (Å²) in [6.45, 7) is 2.76. The van der Waals surface area contributed by atoms with E-state index in [9.17, 15) is 4.79 Å². The van der Waals surface area contributed by atoms with Crippen LogP contribution in [0.2, 0.25) is 0 Å². The van der Waals surface area contributed by atoms with Gasteiger partial charge < -0.3 is 10.6 Å². The largest absolute Gasteiger partial charge is 0.330 e. The van der Waals surface area contributed by atoms with Crippen LogP contribution >= 0.6 is 12.4 Å². The third kappa shape index (κ3) is 6.08.